The highest BCUT2D eigenvalue weighted by molar-refractivity contribution is 9.10. The van der Waals surface area contributed by atoms with Crippen LogP contribution in [0.1, 0.15) is 12.0 Å². The standard InChI is InChI=1S/C25H21BrClN3O2/c26-19-9-4-8-18(16-19)24-28-23-20(10-5-11-21(23)27)25(29-24)30(15-13-22(31)32)14-12-17-6-2-1-3-7-17/h1-11,16H,12-15H2,(H,31,32). The van der Waals surface area contributed by atoms with Gasteiger partial charge in [-0.3, -0.25) is 4.79 Å². The van der Waals surface area contributed by atoms with E-state index in [4.69, 9.17) is 21.6 Å². The van der Waals surface area contributed by atoms with Crippen LogP contribution in [0.4, 0.5) is 5.82 Å². The molecule has 1 heterocycles. The molecule has 0 radical (unpaired) electrons. The fourth-order valence-electron chi connectivity index (χ4n) is 3.56. The van der Waals surface area contributed by atoms with Crippen molar-refractivity contribution in [3.63, 3.8) is 0 Å². The quantitative estimate of drug-likeness (QED) is 0.304. The summed E-state index contributed by atoms with van der Waals surface area (Å²) in [4.78, 5) is 23.0. The molecule has 162 valence electrons. The molecule has 0 amide bonds. The fraction of sp³-hybridized carbons (Fsp3) is 0.160. The van der Waals surface area contributed by atoms with Crippen molar-refractivity contribution in [1.29, 1.82) is 0 Å². The summed E-state index contributed by atoms with van der Waals surface area (Å²) in [6.07, 6.45) is 0.770. The first-order chi connectivity index (χ1) is 15.5. The first-order valence-corrected chi connectivity index (χ1v) is 11.4. The number of halogens is 2. The van der Waals surface area contributed by atoms with Crippen LogP contribution in [0.3, 0.4) is 0 Å². The lowest BCUT2D eigenvalue weighted by atomic mass is 10.1. The van der Waals surface area contributed by atoms with E-state index in [1.54, 1.807) is 6.07 Å². The molecule has 32 heavy (non-hydrogen) atoms. The lowest BCUT2D eigenvalue weighted by Crippen LogP contribution is -2.29. The molecule has 7 heteroatoms. The third-order valence-electron chi connectivity index (χ3n) is 5.15. The van der Waals surface area contributed by atoms with Crippen LogP contribution in [-0.2, 0) is 11.2 Å². The van der Waals surface area contributed by atoms with Crippen molar-refractivity contribution in [2.75, 3.05) is 18.0 Å². The average Bonchev–Trinajstić information content (AvgIpc) is 2.79. The average molecular weight is 511 g/mol. The largest absolute Gasteiger partial charge is 0.481 e. The highest BCUT2D eigenvalue weighted by Crippen LogP contribution is 2.32. The van der Waals surface area contributed by atoms with Gasteiger partial charge in [0.1, 0.15) is 5.82 Å². The summed E-state index contributed by atoms with van der Waals surface area (Å²) < 4.78 is 0.922. The number of carboxylic acids is 1. The molecular formula is C25H21BrClN3O2. The van der Waals surface area contributed by atoms with Gasteiger partial charge < -0.3 is 10.0 Å². The molecule has 0 fully saturated rings. The summed E-state index contributed by atoms with van der Waals surface area (Å²) in [6.45, 7) is 0.951. The van der Waals surface area contributed by atoms with Gasteiger partial charge in [0.05, 0.1) is 17.0 Å². The Morgan fingerprint density at radius 2 is 1.75 bits per heavy atom. The van der Waals surface area contributed by atoms with Gasteiger partial charge in [-0.1, -0.05) is 76.1 Å². The molecule has 0 spiro atoms. The Morgan fingerprint density at radius 3 is 2.50 bits per heavy atom. The van der Waals surface area contributed by atoms with Gasteiger partial charge in [-0.25, -0.2) is 9.97 Å². The maximum atomic E-state index is 11.4. The van der Waals surface area contributed by atoms with E-state index in [1.165, 1.54) is 5.56 Å². The van der Waals surface area contributed by atoms with Crippen LogP contribution in [0.25, 0.3) is 22.3 Å². The van der Waals surface area contributed by atoms with Gasteiger partial charge in [-0.05, 0) is 36.2 Å². The lowest BCUT2D eigenvalue weighted by Gasteiger charge is -2.25. The molecular weight excluding hydrogens is 490 g/mol. The van der Waals surface area contributed by atoms with E-state index < -0.39 is 5.97 Å². The number of fused-ring (bicyclic) bond motifs is 1. The number of benzene rings is 3. The van der Waals surface area contributed by atoms with Crippen molar-refractivity contribution < 1.29 is 9.90 Å². The first-order valence-electron chi connectivity index (χ1n) is 10.2. The second-order valence-electron chi connectivity index (χ2n) is 7.38. The maximum Gasteiger partial charge on any atom is 0.305 e. The van der Waals surface area contributed by atoms with Crippen molar-refractivity contribution in [2.45, 2.75) is 12.8 Å². The molecule has 0 aliphatic rings. The highest BCUT2D eigenvalue weighted by atomic mass is 79.9. The number of para-hydroxylation sites is 1. The Morgan fingerprint density at radius 1 is 0.969 bits per heavy atom. The van der Waals surface area contributed by atoms with E-state index in [0.29, 0.717) is 35.3 Å². The van der Waals surface area contributed by atoms with Gasteiger partial charge in [0.25, 0.3) is 0 Å². The minimum Gasteiger partial charge on any atom is -0.481 e. The maximum absolute atomic E-state index is 11.4. The van der Waals surface area contributed by atoms with Gasteiger partial charge in [0.2, 0.25) is 0 Å². The molecule has 0 bridgehead atoms. The van der Waals surface area contributed by atoms with E-state index in [9.17, 15) is 9.90 Å². The zero-order valence-electron chi connectivity index (χ0n) is 17.2. The molecule has 4 aromatic rings. The van der Waals surface area contributed by atoms with Crippen LogP contribution >= 0.6 is 27.5 Å². The van der Waals surface area contributed by atoms with Crippen LogP contribution in [0.15, 0.2) is 77.3 Å². The topological polar surface area (TPSA) is 66.3 Å². The van der Waals surface area contributed by atoms with E-state index in [1.807, 2.05) is 59.5 Å². The second-order valence-corrected chi connectivity index (χ2v) is 8.71. The summed E-state index contributed by atoms with van der Waals surface area (Å²) in [5, 5.41) is 10.7. The first kappa shape index (κ1) is 22.2. The minimum atomic E-state index is -0.849. The second kappa shape index (κ2) is 10.1. The predicted octanol–water partition coefficient (Wildman–Crippen LogP) is 6.24. The van der Waals surface area contributed by atoms with Crippen LogP contribution in [0.2, 0.25) is 5.02 Å². The molecule has 0 aliphatic heterocycles. The van der Waals surface area contributed by atoms with E-state index in [-0.39, 0.29) is 6.42 Å². The molecule has 4 rings (SSSR count). The summed E-state index contributed by atoms with van der Waals surface area (Å²) >= 11 is 10.0. The summed E-state index contributed by atoms with van der Waals surface area (Å²) in [5.74, 6) is 0.380. The smallest absolute Gasteiger partial charge is 0.305 e. The number of aromatic nitrogens is 2. The number of nitrogens with zero attached hydrogens (tertiary/aromatic N) is 3. The molecule has 0 saturated carbocycles. The third kappa shape index (κ3) is 5.26. The monoisotopic (exact) mass is 509 g/mol. The van der Waals surface area contributed by atoms with E-state index in [0.717, 1.165) is 21.8 Å². The molecule has 0 atom stereocenters. The van der Waals surface area contributed by atoms with Crippen LogP contribution in [-0.4, -0.2) is 34.1 Å². The summed E-state index contributed by atoms with van der Waals surface area (Å²) in [6, 6.07) is 23.5. The van der Waals surface area contributed by atoms with Gasteiger partial charge in [0.15, 0.2) is 5.82 Å². The number of carboxylic acid groups (broad SMARTS) is 1. The fourth-order valence-corrected chi connectivity index (χ4v) is 4.18. The lowest BCUT2D eigenvalue weighted by molar-refractivity contribution is -0.136. The number of anilines is 1. The van der Waals surface area contributed by atoms with Gasteiger partial charge in [-0.15, -0.1) is 0 Å². The van der Waals surface area contributed by atoms with Gasteiger partial charge >= 0.3 is 5.97 Å². The Kier molecular flexibility index (Phi) is 7.02. The van der Waals surface area contributed by atoms with Gasteiger partial charge in [-0.2, -0.15) is 0 Å². The highest BCUT2D eigenvalue weighted by Gasteiger charge is 2.18. The van der Waals surface area contributed by atoms with E-state index >= 15 is 0 Å². The molecule has 1 N–H and O–H groups in total. The summed E-state index contributed by atoms with van der Waals surface area (Å²) in [5.41, 5.74) is 2.68. The zero-order valence-corrected chi connectivity index (χ0v) is 19.6. The van der Waals surface area contributed by atoms with Crippen LogP contribution in [0, 0.1) is 0 Å². The Hall–Kier alpha value is -2.96. The normalized spacial score (nSPS) is 10.9. The van der Waals surface area contributed by atoms with Crippen LogP contribution in [0.5, 0.6) is 0 Å². The van der Waals surface area contributed by atoms with E-state index in [2.05, 4.69) is 28.1 Å². The molecule has 0 saturated heterocycles. The Labute approximate surface area is 199 Å². The third-order valence-corrected chi connectivity index (χ3v) is 5.95. The number of hydrogen-bond donors (Lipinski definition) is 1. The number of hydrogen-bond acceptors (Lipinski definition) is 4. The SMILES string of the molecule is O=C(O)CCN(CCc1ccccc1)c1nc(-c2cccc(Br)c2)nc2c(Cl)cccc12. The Bertz CT molecular complexity index is 1250. The number of rotatable bonds is 8. The van der Waals surface area contributed by atoms with Crippen molar-refractivity contribution >= 4 is 50.2 Å². The minimum absolute atomic E-state index is 0.00701. The molecule has 0 unspecified atom stereocenters. The Balaban J connectivity index is 1.81. The molecule has 0 aliphatic carbocycles. The molecule has 3 aromatic carbocycles. The number of carbonyl (C=O) groups is 1. The van der Waals surface area contributed by atoms with Gasteiger partial charge in [0, 0.05) is 28.5 Å². The number of aliphatic carboxylic acids is 1. The predicted molar refractivity (Wildman–Crippen MR) is 132 cm³/mol. The zero-order chi connectivity index (χ0) is 22.5. The van der Waals surface area contributed by atoms with Crippen LogP contribution < -0.4 is 4.90 Å². The van der Waals surface area contributed by atoms with Crippen molar-refractivity contribution in [2.24, 2.45) is 0 Å². The molecule has 5 nitrogen and oxygen atoms in total. The van der Waals surface area contributed by atoms with Crippen molar-refractivity contribution in [3.05, 3.63) is 87.9 Å². The molecule has 1 aromatic heterocycles. The van der Waals surface area contributed by atoms with Crippen molar-refractivity contribution in [1.82, 2.24) is 9.97 Å². The van der Waals surface area contributed by atoms with Crippen molar-refractivity contribution in [3.8, 4) is 11.4 Å². The summed E-state index contributed by atoms with van der Waals surface area (Å²) in [7, 11) is 0.